The van der Waals surface area contributed by atoms with Crippen molar-refractivity contribution in [3.05, 3.63) is 35.2 Å². The molecular formula is C11H13NO. The minimum absolute atomic E-state index is 0.386. The van der Waals surface area contributed by atoms with E-state index in [0.717, 1.165) is 11.3 Å². The van der Waals surface area contributed by atoms with Crippen LogP contribution in [0.1, 0.15) is 25.3 Å². The van der Waals surface area contributed by atoms with E-state index < -0.39 is 0 Å². The molecule has 2 nitrogen and oxygen atoms in total. The van der Waals surface area contributed by atoms with E-state index in [0.29, 0.717) is 11.6 Å². The molecule has 0 radical (unpaired) electrons. The second-order valence-corrected chi connectivity index (χ2v) is 3.19. The van der Waals surface area contributed by atoms with Crippen molar-refractivity contribution in [1.29, 1.82) is 0 Å². The monoisotopic (exact) mass is 175 g/mol. The normalized spacial score (nSPS) is 9.77. The molecule has 0 saturated carbocycles. The maximum Gasteiger partial charge on any atom is 0.187 e. The molecule has 0 fully saturated rings. The lowest BCUT2D eigenvalue weighted by Gasteiger charge is -2.11. The number of methoxy groups -OCH3 is 1. The summed E-state index contributed by atoms with van der Waals surface area (Å²) < 4.78 is 5.20. The molecule has 0 aliphatic heterocycles. The molecule has 0 bridgehead atoms. The fourth-order valence-corrected chi connectivity index (χ4v) is 1.24. The van der Waals surface area contributed by atoms with Crippen LogP contribution in [0.15, 0.2) is 18.2 Å². The van der Waals surface area contributed by atoms with Crippen LogP contribution in [0.25, 0.3) is 4.85 Å². The highest BCUT2D eigenvalue weighted by Gasteiger charge is 2.07. The van der Waals surface area contributed by atoms with Crippen LogP contribution in [0.5, 0.6) is 5.75 Å². The van der Waals surface area contributed by atoms with Gasteiger partial charge in [-0.25, -0.2) is 4.85 Å². The van der Waals surface area contributed by atoms with E-state index in [-0.39, 0.29) is 0 Å². The Hall–Kier alpha value is -1.49. The van der Waals surface area contributed by atoms with Gasteiger partial charge >= 0.3 is 0 Å². The molecule has 0 aliphatic rings. The first-order chi connectivity index (χ1) is 6.19. The molecule has 1 aromatic rings. The number of hydrogen-bond donors (Lipinski definition) is 0. The summed E-state index contributed by atoms with van der Waals surface area (Å²) in [5.41, 5.74) is 1.76. The van der Waals surface area contributed by atoms with Gasteiger partial charge < -0.3 is 4.74 Å². The lowest BCUT2D eigenvalue weighted by Crippen LogP contribution is -1.93. The molecule has 0 N–H and O–H groups in total. The van der Waals surface area contributed by atoms with Crippen LogP contribution in [0, 0.1) is 6.57 Å². The summed E-state index contributed by atoms with van der Waals surface area (Å²) >= 11 is 0. The third-order valence-corrected chi connectivity index (χ3v) is 1.96. The summed E-state index contributed by atoms with van der Waals surface area (Å²) in [6.45, 7) is 11.1. The van der Waals surface area contributed by atoms with Gasteiger partial charge in [-0.3, -0.25) is 0 Å². The van der Waals surface area contributed by atoms with Crippen molar-refractivity contribution in [2.45, 2.75) is 19.8 Å². The van der Waals surface area contributed by atoms with Crippen molar-refractivity contribution in [2.24, 2.45) is 0 Å². The van der Waals surface area contributed by atoms with Crippen LogP contribution in [0.2, 0.25) is 0 Å². The van der Waals surface area contributed by atoms with E-state index in [9.17, 15) is 0 Å². The smallest absolute Gasteiger partial charge is 0.187 e. The zero-order chi connectivity index (χ0) is 9.84. The van der Waals surface area contributed by atoms with Crippen molar-refractivity contribution in [2.75, 3.05) is 7.11 Å². The average molecular weight is 175 g/mol. The molecule has 0 unspecified atom stereocenters. The predicted octanol–water partition coefficient (Wildman–Crippen LogP) is 3.37. The van der Waals surface area contributed by atoms with Gasteiger partial charge in [-0.15, -0.1) is 0 Å². The standard InChI is InChI=1S/C11H13NO/c1-8(2)10-7-9(12-3)5-6-11(10)13-4/h5-8H,1-2,4H3. The molecule has 13 heavy (non-hydrogen) atoms. The van der Waals surface area contributed by atoms with E-state index in [1.165, 1.54) is 0 Å². The Kier molecular flexibility index (Phi) is 2.92. The van der Waals surface area contributed by atoms with Gasteiger partial charge in [0.15, 0.2) is 5.69 Å². The number of benzene rings is 1. The molecule has 0 saturated heterocycles. The second-order valence-electron chi connectivity index (χ2n) is 3.19. The van der Waals surface area contributed by atoms with Crippen molar-refractivity contribution in [3.8, 4) is 5.75 Å². The van der Waals surface area contributed by atoms with Crippen molar-refractivity contribution in [1.82, 2.24) is 0 Å². The van der Waals surface area contributed by atoms with Gasteiger partial charge in [0, 0.05) is 0 Å². The first kappa shape index (κ1) is 9.60. The first-order valence-corrected chi connectivity index (χ1v) is 4.24. The van der Waals surface area contributed by atoms with Crippen LogP contribution in [-0.4, -0.2) is 7.11 Å². The van der Waals surface area contributed by atoms with Gasteiger partial charge in [-0.1, -0.05) is 19.9 Å². The molecule has 0 heterocycles. The largest absolute Gasteiger partial charge is 0.497 e. The average Bonchev–Trinajstić information content (AvgIpc) is 2.16. The summed E-state index contributed by atoms with van der Waals surface area (Å²) in [7, 11) is 1.65. The Balaban J connectivity index is 3.20. The summed E-state index contributed by atoms with van der Waals surface area (Å²) in [5, 5.41) is 0. The topological polar surface area (TPSA) is 13.6 Å². The SMILES string of the molecule is [C-]#[N+]c1ccc(OC)c(C(C)C)c1. The molecule has 0 atom stereocenters. The Morgan fingerprint density at radius 3 is 2.54 bits per heavy atom. The van der Waals surface area contributed by atoms with E-state index in [2.05, 4.69) is 18.7 Å². The highest BCUT2D eigenvalue weighted by Crippen LogP contribution is 2.30. The Morgan fingerprint density at radius 2 is 2.08 bits per heavy atom. The van der Waals surface area contributed by atoms with Crippen LogP contribution in [0.3, 0.4) is 0 Å². The van der Waals surface area contributed by atoms with Gasteiger partial charge in [-0.2, -0.15) is 0 Å². The molecule has 0 spiro atoms. The summed E-state index contributed by atoms with van der Waals surface area (Å²) in [5.74, 6) is 1.25. The van der Waals surface area contributed by atoms with Crippen LogP contribution >= 0.6 is 0 Å². The molecule has 0 aromatic heterocycles. The maximum absolute atomic E-state index is 6.89. The first-order valence-electron chi connectivity index (χ1n) is 4.24. The molecule has 0 amide bonds. The molecule has 2 heteroatoms. The molecule has 1 aromatic carbocycles. The number of nitrogens with zero attached hydrogens (tertiary/aromatic N) is 1. The summed E-state index contributed by atoms with van der Waals surface area (Å²) in [4.78, 5) is 3.38. The minimum atomic E-state index is 0.386. The third kappa shape index (κ3) is 2.00. The molecule has 0 aliphatic carbocycles. The van der Waals surface area contributed by atoms with Gasteiger partial charge in [0.05, 0.1) is 13.7 Å². The van der Waals surface area contributed by atoms with Gasteiger partial charge in [0.2, 0.25) is 0 Å². The Bertz CT molecular complexity index is 336. The lowest BCUT2D eigenvalue weighted by atomic mass is 10.0. The third-order valence-electron chi connectivity index (χ3n) is 1.96. The van der Waals surface area contributed by atoms with Gasteiger partial charge in [0.1, 0.15) is 5.75 Å². The minimum Gasteiger partial charge on any atom is -0.497 e. The number of hydrogen-bond acceptors (Lipinski definition) is 1. The summed E-state index contributed by atoms with van der Waals surface area (Å²) in [6, 6.07) is 5.51. The van der Waals surface area contributed by atoms with Crippen molar-refractivity contribution < 1.29 is 4.74 Å². The van der Waals surface area contributed by atoms with Crippen LogP contribution in [-0.2, 0) is 0 Å². The zero-order valence-electron chi connectivity index (χ0n) is 8.16. The highest BCUT2D eigenvalue weighted by molar-refractivity contribution is 5.52. The molecule has 1 rings (SSSR count). The molecule has 68 valence electrons. The predicted molar refractivity (Wildman–Crippen MR) is 53.3 cm³/mol. The molecular weight excluding hydrogens is 162 g/mol. The second kappa shape index (κ2) is 3.95. The van der Waals surface area contributed by atoms with Crippen molar-refractivity contribution in [3.63, 3.8) is 0 Å². The lowest BCUT2D eigenvalue weighted by molar-refractivity contribution is 0.407. The van der Waals surface area contributed by atoms with Crippen molar-refractivity contribution >= 4 is 5.69 Å². The van der Waals surface area contributed by atoms with Crippen LogP contribution < -0.4 is 4.74 Å². The van der Waals surface area contributed by atoms with E-state index in [1.807, 2.05) is 12.1 Å². The maximum atomic E-state index is 6.89. The fraction of sp³-hybridized carbons (Fsp3) is 0.364. The highest BCUT2D eigenvalue weighted by atomic mass is 16.5. The fourth-order valence-electron chi connectivity index (χ4n) is 1.24. The van der Waals surface area contributed by atoms with Gasteiger partial charge in [-0.05, 0) is 23.6 Å². The Labute approximate surface area is 79.0 Å². The van der Waals surface area contributed by atoms with E-state index >= 15 is 0 Å². The van der Waals surface area contributed by atoms with E-state index in [4.69, 9.17) is 11.3 Å². The van der Waals surface area contributed by atoms with Crippen LogP contribution in [0.4, 0.5) is 5.69 Å². The van der Waals surface area contributed by atoms with E-state index in [1.54, 1.807) is 13.2 Å². The quantitative estimate of drug-likeness (QED) is 0.628. The summed E-state index contributed by atoms with van der Waals surface area (Å²) in [6.07, 6.45) is 0. The van der Waals surface area contributed by atoms with Gasteiger partial charge in [0.25, 0.3) is 0 Å². The zero-order valence-corrected chi connectivity index (χ0v) is 8.16. The Morgan fingerprint density at radius 1 is 1.38 bits per heavy atom. The number of rotatable bonds is 2. The number of ether oxygens (including phenoxy) is 1.